The van der Waals surface area contributed by atoms with E-state index in [1.165, 1.54) is 29.7 Å². The van der Waals surface area contributed by atoms with E-state index in [4.69, 9.17) is 0 Å². The maximum atomic E-state index is 11.6. The summed E-state index contributed by atoms with van der Waals surface area (Å²) in [5, 5.41) is 1.93. The average molecular weight is 304 g/mol. The zero-order valence-corrected chi connectivity index (χ0v) is 13.7. The lowest BCUT2D eigenvalue weighted by atomic mass is 10.1. The van der Waals surface area contributed by atoms with Crippen LogP contribution in [0, 0.1) is 6.92 Å². The number of likely N-dealkylation sites (N-methyl/N-ethyl adjacent to an activating group) is 1. The molecule has 0 unspecified atom stereocenters. The predicted octanol–water partition coefficient (Wildman–Crippen LogP) is 3.17. The van der Waals surface area contributed by atoms with Gasteiger partial charge in [-0.3, -0.25) is 4.79 Å². The van der Waals surface area contributed by atoms with Crippen LogP contribution in [0.4, 0.5) is 0 Å². The lowest BCUT2D eigenvalue weighted by molar-refractivity contribution is 0.310. The van der Waals surface area contributed by atoms with Gasteiger partial charge in [0, 0.05) is 24.2 Å². The van der Waals surface area contributed by atoms with E-state index in [1.54, 1.807) is 0 Å². The van der Waals surface area contributed by atoms with Crippen molar-refractivity contribution in [3.8, 4) is 0 Å². The van der Waals surface area contributed by atoms with Gasteiger partial charge >= 0.3 is 4.87 Å². The monoisotopic (exact) mass is 304 g/mol. The number of aromatic nitrogens is 1. The van der Waals surface area contributed by atoms with Crippen molar-refractivity contribution in [1.82, 2.24) is 9.47 Å². The molecule has 0 fully saturated rings. The van der Waals surface area contributed by atoms with Crippen molar-refractivity contribution in [3.05, 3.63) is 56.6 Å². The molecule has 2 aromatic rings. The van der Waals surface area contributed by atoms with Gasteiger partial charge in [-0.05, 0) is 45.3 Å². The summed E-state index contributed by atoms with van der Waals surface area (Å²) >= 11 is 1.29. The number of hydrogen-bond acceptors (Lipinski definition) is 3. The summed E-state index contributed by atoms with van der Waals surface area (Å²) in [5.74, 6) is 0. The number of benzene rings is 1. The van der Waals surface area contributed by atoms with Crippen LogP contribution in [0.15, 0.2) is 40.5 Å². The van der Waals surface area contributed by atoms with Crippen LogP contribution in [0.5, 0.6) is 0 Å². The molecule has 0 spiro atoms. The molecule has 21 heavy (non-hydrogen) atoms. The fourth-order valence-corrected chi connectivity index (χ4v) is 3.17. The quantitative estimate of drug-likeness (QED) is 0.700. The Bertz CT molecular complexity index is 588. The van der Waals surface area contributed by atoms with Gasteiger partial charge in [0.1, 0.15) is 0 Å². The van der Waals surface area contributed by atoms with Crippen LogP contribution in [-0.4, -0.2) is 29.6 Å². The molecule has 0 aliphatic rings. The second-order valence-corrected chi connectivity index (χ2v) is 6.36. The van der Waals surface area contributed by atoms with Crippen molar-refractivity contribution in [2.45, 2.75) is 32.7 Å². The maximum absolute atomic E-state index is 11.6. The Morgan fingerprint density at radius 1 is 1.14 bits per heavy atom. The average Bonchev–Trinajstić information content (AvgIpc) is 2.81. The molecule has 4 heteroatoms. The van der Waals surface area contributed by atoms with Gasteiger partial charge < -0.3 is 9.47 Å². The van der Waals surface area contributed by atoms with Crippen molar-refractivity contribution in [1.29, 1.82) is 0 Å². The third-order valence-electron chi connectivity index (χ3n) is 3.78. The third-order valence-corrected chi connectivity index (χ3v) is 4.66. The molecule has 0 bridgehead atoms. The highest BCUT2D eigenvalue weighted by Gasteiger charge is 2.04. The van der Waals surface area contributed by atoms with Crippen molar-refractivity contribution < 1.29 is 0 Å². The van der Waals surface area contributed by atoms with Crippen LogP contribution in [0.3, 0.4) is 0 Å². The van der Waals surface area contributed by atoms with Crippen LogP contribution in [0.2, 0.25) is 0 Å². The highest BCUT2D eigenvalue weighted by molar-refractivity contribution is 7.07. The summed E-state index contributed by atoms with van der Waals surface area (Å²) in [6.45, 7) is 4.81. The molecule has 0 saturated heterocycles. The number of nitrogens with zero attached hydrogens (tertiary/aromatic N) is 2. The minimum Gasteiger partial charge on any atom is -0.305 e. The number of thiazole rings is 1. The van der Waals surface area contributed by atoms with E-state index in [1.807, 2.05) is 16.9 Å². The van der Waals surface area contributed by atoms with E-state index in [0.717, 1.165) is 31.7 Å². The molecule has 0 amide bonds. The molecule has 0 N–H and O–H groups in total. The van der Waals surface area contributed by atoms with Crippen LogP contribution < -0.4 is 4.87 Å². The summed E-state index contributed by atoms with van der Waals surface area (Å²) in [6, 6.07) is 10.6. The van der Waals surface area contributed by atoms with Gasteiger partial charge in [-0.2, -0.15) is 0 Å². The smallest absolute Gasteiger partial charge is 0.305 e. The standard InChI is InChI=1S/C17H24N2OS/c1-15-14-21-17(20)19(15)13-12-18(2)11-7-6-10-16-8-4-3-5-9-16/h3-5,8-9,14H,6-7,10-13H2,1-2H3. The molecule has 0 atom stereocenters. The fourth-order valence-electron chi connectivity index (χ4n) is 2.41. The van der Waals surface area contributed by atoms with Crippen molar-refractivity contribution >= 4 is 11.3 Å². The zero-order chi connectivity index (χ0) is 15.1. The van der Waals surface area contributed by atoms with Crippen molar-refractivity contribution in [2.24, 2.45) is 0 Å². The second kappa shape index (κ2) is 8.15. The fraction of sp³-hybridized carbons (Fsp3) is 0.471. The molecule has 0 saturated carbocycles. The van der Waals surface area contributed by atoms with Crippen molar-refractivity contribution in [2.75, 3.05) is 20.1 Å². The van der Waals surface area contributed by atoms with E-state index >= 15 is 0 Å². The van der Waals surface area contributed by atoms with Crippen molar-refractivity contribution in [3.63, 3.8) is 0 Å². The Kier molecular flexibility index (Phi) is 6.21. The number of rotatable bonds is 8. The Hall–Kier alpha value is -1.39. The van der Waals surface area contributed by atoms with Gasteiger partial charge in [-0.1, -0.05) is 41.7 Å². The minimum absolute atomic E-state index is 0.157. The van der Waals surface area contributed by atoms with Gasteiger partial charge in [0.25, 0.3) is 0 Å². The third kappa shape index (κ3) is 5.14. The molecule has 0 aliphatic heterocycles. The predicted molar refractivity (Wildman–Crippen MR) is 90.2 cm³/mol. The minimum atomic E-state index is 0.157. The second-order valence-electron chi connectivity index (χ2n) is 5.54. The van der Waals surface area contributed by atoms with Gasteiger partial charge in [0.2, 0.25) is 0 Å². The van der Waals surface area contributed by atoms with Crippen LogP contribution in [0.1, 0.15) is 24.1 Å². The summed E-state index contributed by atoms with van der Waals surface area (Å²) in [6.07, 6.45) is 3.56. The molecule has 1 aromatic carbocycles. The Morgan fingerprint density at radius 2 is 1.90 bits per heavy atom. The number of unbranched alkanes of at least 4 members (excludes halogenated alkanes) is 1. The molecular weight excluding hydrogens is 280 g/mol. The molecule has 3 nitrogen and oxygen atoms in total. The molecule has 0 radical (unpaired) electrons. The first-order valence-electron chi connectivity index (χ1n) is 7.54. The SMILES string of the molecule is Cc1csc(=O)n1CCN(C)CCCCc1ccccc1. The number of hydrogen-bond donors (Lipinski definition) is 0. The summed E-state index contributed by atoms with van der Waals surface area (Å²) < 4.78 is 1.87. The Balaban J connectivity index is 1.64. The Morgan fingerprint density at radius 3 is 2.57 bits per heavy atom. The van der Waals surface area contributed by atoms with Crippen LogP contribution in [0.25, 0.3) is 0 Å². The van der Waals surface area contributed by atoms with Gasteiger partial charge in [0.15, 0.2) is 0 Å². The maximum Gasteiger partial charge on any atom is 0.307 e. The molecule has 2 rings (SSSR count). The molecule has 0 aliphatic carbocycles. The summed E-state index contributed by atoms with van der Waals surface area (Å²) in [4.78, 5) is 14.1. The zero-order valence-electron chi connectivity index (χ0n) is 12.9. The largest absolute Gasteiger partial charge is 0.307 e. The van der Waals surface area contributed by atoms with E-state index in [2.05, 4.69) is 42.3 Å². The van der Waals surface area contributed by atoms with E-state index in [9.17, 15) is 4.79 Å². The first-order valence-corrected chi connectivity index (χ1v) is 8.42. The van der Waals surface area contributed by atoms with Gasteiger partial charge in [-0.25, -0.2) is 0 Å². The van der Waals surface area contributed by atoms with Crippen LogP contribution >= 0.6 is 11.3 Å². The molecule has 1 heterocycles. The van der Waals surface area contributed by atoms with E-state index in [-0.39, 0.29) is 4.87 Å². The molecule has 114 valence electrons. The van der Waals surface area contributed by atoms with Gasteiger partial charge in [-0.15, -0.1) is 0 Å². The summed E-state index contributed by atoms with van der Waals surface area (Å²) in [5.41, 5.74) is 2.49. The topological polar surface area (TPSA) is 25.2 Å². The first kappa shape index (κ1) is 16.0. The normalized spacial score (nSPS) is 11.2. The highest BCUT2D eigenvalue weighted by Crippen LogP contribution is 2.05. The summed E-state index contributed by atoms with van der Waals surface area (Å²) in [7, 11) is 2.13. The lowest BCUT2D eigenvalue weighted by Crippen LogP contribution is -2.27. The van der Waals surface area contributed by atoms with Crippen LogP contribution in [-0.2, 0) is 13.0 Å². The molecule has 1 aromatic heterocycles. The number of aryl methyl sites for hydroxylation is 2. The first-order chi connectivity index (χ1) is 10.2. The van der Waals surface area contributed by atoms with E-state index < -0.39 is 0 Å². The highest BCUT2D eigenvalue weighted by atomic mass is 32.1. The van der Waals surface area contributed by atoms with Gasteiger partial charge in [0.05, 0.1) is 0 Å². The lowest BCUT2D eigenvalue weighted by Gasteiger charge is -2.17. The Labute approximate surface area is 130 Å². The molecular formula is C17H24N2OS. The van der Waals surface area contributed by atoms with E-state index in [0.29, 0.717) is 0 Å².